The third-order valence-electron chi connectivity index (χ3n) is 3.12. The molecule has 0 saturated heterocycles. The van der Waals surface area contributed by atoms with Crippen molar-refractivity contribution in [3.8, 4) is 0 Å². The lowest BCUT2D eigenvalue weighted by Crippen LogP contribution is -2.26. The Hall–Kier alpha value is -0.940. The fourth-order valence-corrected chi connectivity index (χ4v) is 3.10. The average Bonchev–Trinajstić information content (AvgIpc) is 2.96. The Morgan fingerprint density at radius 3 is 2.95 bits per heavy atom. The smallest absolute Gasteiger partial charge is 0.0931 e. The summed E-state index contributed by atoms with van der Waals surface area (Å²) in [5.74, 6) is 0.326. The molecular formula is C15H19ClN2OS. The van der Waals surface area contributed by atoms with Gasteiger partial charge in [-0.05, 0) is 11.6 Å². The molecule has 0 fully saturated rings. The molecule has 5 heteroatoms. The number of nitrogens with one attached hydrogen (secondary N) is 1. The maximum Gasteiger partial charge on any atom is 0.0931 e. The minimum Gasteiger partial charge on any atom is -0.383 e. The number of halogens is 1. The molecule has 0 aliphatic carbocycles. The zero-order valence-corrected chi connectivity index (χ0v) is 13.1. The summed E-state index contributed by atoms with van der Waals surface area (Å²) in [4.78, 5) is 4.38. The molecule has 1 unspecified atom stereocenters. The number of hydrogen-bond donors (Lipinski definition) is 1. The van der Waals surface area contributed by atoms with Crippen molar-refractivity contribution < 1.29 is 4.74 Å². The number of ether oxygens (including phenoxy) is 1. The first-order valence-corrected chi connectivity index (χ1v) is 7.89. The lowest BCUT2D eigenvalue weighted by atomic mass is 9.96. The predicted octanol–water partition coefficient (Wildman–Crippen LogP) is 3.36. The minimum atomic E-state index is 0.326. The molecule has 2 aromatic rings. The van der Waals surface area contributed by atoms with Crippen LogP contribution in [-0.2, 0) is 11.2 Å². The third-order valence-corrected chi connectivity index (χ3v) is 4.27. The van der Waals surface area contributed by atoms with Gasteiger partial charge >= 0.3 is 0 Å². The molecule has 1 N–H and O–H groups in total. The Balaban J connectivity index is 2.05. The van der Waals surface area contributed by atoms with E-state index in [2.05, 4.69) is 16.4 Å². The van der Waals surface area contributed by atoms with Gasteiger partial charge in [0.25, 0.3) is 0 Å². The quantitative estimate of drug-likeness (QED) is 0.759. The fraction of sp³-hybridized carbons (Fsp3) is 0.400. The molecule has 0 bridgehead atoms. The highest BCUT2D eigenvalue weighted by molar-refractivity contribution is 7.09. The van der Waals surface area contributed by atoms with E-state index >= 15 is 0 Å². The lowest BCUT2D eigenvalue weighted by molar-refractivity contribution is 0.199. The predicted molar refractivity (Wildman–Crippen MR) is 84.8 cm³/mol. The zero-order valence-electron chi connectivity index (χ0n) is 11.5. The second-order valence-electron chi connectivity index (χ2n) is 4.55. The molecule has 1 aromatic heterocycles. The molecule has 0 radical (unpaired) electrons. The molecule has 0 amide bonds. The van der Waals surface area contributed by atoms with E-state index in [1.807, 2.05) is 29.8 Å². The molecule has 2 rings (SSSR count). The van der Waals surface area contributed by atoms with Gasteiger partial charge in [-0.3, -0.25) is 0 Å². The third kappa shape index (κ3) is 4.56. The van der Waals surface area contributed by atoms with Crippen LogP contribution in [0.2, 0.25) is 5.02 Å². The number of rotatable bonds is 8. The molecule has 20 heavy (non-hydrogen) atoms. The summed E-state index contributed by atoms with van der Waals surface area (Å²) in [5.41, 5.74) is 1.18. The van der Waals surface area contributed by atoms with Crippen molar-refractivity contribution in [1.82, 2.24) is 10.3 Å². The van der Waals surface area contributed by atoms with Crippen molar-refractivity contribution in [2.75, 3.05) is 26.8 Å². The number of thiazole rings is 1. The van der Waals surface area contributed by atoms with Gasteiger partial charge < -0.3 is 10.1 Å². The second-order valence-corrected chi connectivity index (χ2v) is 5.93. The van der Waals surface area contributed by atoms with E-state index in [0.717, 1.165) is 29.5 Å². The van der Waals surface area contributed by atoms with E-state index in [-0.39, 0.29) is 0 Å². The van der Waals surface area contributed by atoms with Gasteiger partial charge in [-0.1, -0.05) is 29.8 Å². The molecule has 108 valence electrons. The average molecular weight is 311 g/mol. The van der Waals surface area contributed by atoms with E-state index in [4.69, 9.17) is 16.3 Å². The fourth-order valence-electron chi connectivity index (χ4n) is 2.11. The summed E-state index contributed by atoms with van der Waals surface area (Å²) < 4.78 is 5.06. The van der Waals surface area contributed by atoms with Crippen LogP contribution in [-0.4, -0.2) is 31.8 Å². The normalized spacial score (nSPS) is 12.5. The Kier molecular flexibility index (Phi) is 6.47. The molecule has 0 aliphatic heterocycles. The van der Waals surface area contributed by atoms with Crippen LogP contribution in [0.1, 0.15) is 16.5 Å². The Morgan fingerprint density at radius 1 is 1.40 bits per heavy atom. The highest BCUT2D eigenvalue weighted by Gasteiger charge is 2.16. The number of hydrogen-bond acceptors (Lipinski definition) is 4. The highest BCUT2D eigenvalue weighted by atomic mass is 35.5. The summed E-state index contributed by atoms with van der Waals surface area (Å²) >= 11 is 8.02. The van der Waals surface area contributed by atoms with E-state index < -0.39 is 0 Å². The first-order valence-electron chi connectivity index (χ1n) is 6.63. The molecule has 0 aliphatic rings. The number of nitrogens with zero attached hydrogens (tertiary/aromatic N) is 1. The van der Waals surface area contributed by atoms with Crippen LogP contribution in [0.5, 0.6) is 0 Å². The van der Waals surface area contributed by atoms with E-state index in [0.29, 0.717) is 12.5 Å². The monoisotopic (exact) mass is 310 g/mol. The van der Waals surface area contributed by atoms with Gasteiger partial charge in [0.1, 0.15) is 0 Å². The molecule has 0 saturated carbocycles. The van der Waals surface area contributed by atoms with Gasteiger partial charge in [-0.15, -0.1) is 11.3 Å². The second kappa shape index (κ2) is 8.37. The van der Waals surface area contributed by atoms with Crippen molar-refractivity contribution >= 4 is 22.9 Å². The van der Waals surface area contributed by atoms with Gasteiger partial charge in [-0.2, -0.15) is 0 Å². The summed E-state index contributed by atoms with van der Waals surface area (Å²) in [6.45, 7) is 2.43. The maximum absolute atomic E-state index is 6.33. The minimum absolute atomic E-state index is 0.326. The first kappa shape index (κ1) is 15.4. The molecule has 3 nitrogen and oxygen atoms in total. The summed E-state index contributed by atoms with van der Waals surface area (Å²) in [7, 11) is 1.71. The molecule has 1 heterocycles. The van der Waals surface area contributed by atoms with E-state index in [1.54, 1.807) is 18.4 Å². The Bertz CT molecular complexity index is 504. The van der Waals surface area contributed by atoms with Crippen molar-refractivity contribution in [2.24, 2.45) is 0 Å². The lowest BCUT2D eigenvalue weighted by Gasteiger charge is -2.18. The topological polar surface area (TPSA) is 34.1 Å². The van der Waals surface area contributed by atoms with Gasteiger partial charge in [0, 0.05) is 49.1 Å². The van der Waals surface area contributed by atoms with Crippen molar-refractivity contribution in [3.63, 3.8) is 0 Å². The first-order chi connectivity index (χ1) is 9.81. The summed E-state index contributed by atoms with van der Waals surface area (Å²) in [6, 6.07) is 8.04. The maximum atomic E-state index is 6.33. The van der Waals surface area contributed by atoms with Gasteiger partial charge in [0.2, 0.25) is 0 Å². The molecule has 0 spiro atoms. The number of aromatic nitrogens is 1. The standard InChI is InChI=1S/C15H19ClN2OS/c1-19-8-6-17-11-12(10-15-18-7-9-20-15)13-4-2-3-5-14(13)16/h2-5,7,9,12,17H,6,8,10-11H2,1H3. The van der Waals surface area contributed by atoms with Gasteiger partial charge in [0.15, 0.2) is 0 Å². The van der Waals surface area contributed by atoms with E-state index in [9.17, 15) is 0 Å². The summed E-state index contributed by atoms with van der Waals surface area (Å²) in [5, 5.41) is 7.39. The van der Waals surface area contributed by atoms with Crippen LogP contribution in [0, 0.1) is 0 Å². The van der Waals surface area contributed by atoms with Crippen LogP contribution in [0.15, 0.2) is 35.8 Å². The highest BCUT2D eigenvalue weighted by Crippen LogP contribution is 2.27. The van der Waals surface area contributed by atoms with Crippen LogP contribution in [0.3, 0.4) is 0 Å². The van der Waals surface area contributed by atoms with Crippen LogP contribution < -0.4 is 5.32 Å². The molecule has 1 atom stereocenters. The summed E-state index contributed by atoms with van der Waals surface area (Å²) in [6.07, 6.45) is 2.75. The van der Waals surface area contributed by atoms with Crippen LogP contribution in [0.4, 0.5) is 0 Å². The number of benzene rings is 1. The van der Waals surface area contributed by atoms with Crippen molar-refractivity contribution in [3.05, 3.63) is 51.4 Å². The van der Waals surface area contributed by atoms with E-state index in [1.165, 1.54) is 5.56 Å². The molecule has 1 aromatic carbocycles. The van der Waals surface area contributed by atoms with Crippen molar-refractivity contribution in [2.45, 2.75) is 12.3 Å². The van der Waals surface area contributed by atoms with Gasteiger partial charge in [-0.25, -0.2) is 4.98 Å². The Morgan fingerprint density at radius 2 is 2.25 bits per heavy atom. The molecular weight excluding hydrogens is 292 g/mol. The zero-order chi connectivity index (χ0) is 14.2. The van der Waals surface area contributed by atoms with Crippen molar-refractivity contribution in [1.29, 1.82) is 0 Å². The van der Waals surface area contributed by atoms with Crippen LogP contribution in [0.25, 0.3) is 0 Å². The van der Waals surface area contributed by atoms with Gasteiger partial charge in [0.05, 0.1) is 11.6 Å². The SMILES string of the molecule is COCCNCC(Cc1nccs1)c1ccccc1Cl. The largest absolute Gasteiger partial charge is 0.383 e. The number of methoxy groups -OCH3 is 1. The van der Waals surface area contributed by atoms with Crippen LogP contribution >= 0.6 is 22.9 Å². The Labute approximate surface area is 129 Å².